The number of benzene rings is 1. The smallest absolute Gasteiger partial charge is 0.243 e. The van der Waals surface area contributed by atoms with Gasteiger partial charge in [0, 0.05) is 26.2 Å². The molecule has 2 N–H and O–H groups in total. The highest BCUT2D eigenvalue weighted by Crippen LogP contribution is 2.21. The first-order valence-corrected chi connectivity index (χ1v) is 8.48. The minimum absolute atomic E-state index is 0.240. The molecule has 7 nitrogen and oxygen atoms in total. The summed E-state index contributed by atoms with van der Waals surface area (Å²) in [6.07, 6.45) is 0. The van der Waals surface area contributed by atoms with Gasteiger partial charge in [-0.25, -0.2) is 8.42 Å². The van der Waals surface area contributed by atoms with Crippen LogP contribution in [0.3, 0.4) is 0 Å². The molecule has 2 rings (SSSR count). The third-order valence-corrected chi connectivity index (χ3v) is 5.84. The van der Waals surface area contributed by atoms with E-state index in [0.29, 0.717) is 31.9 Å². The van der Waals surface area contributed by atoms with Crippen LogP contribution in [0.4, 0.5) is 0 Å². The van der Waals surface area contributed by atoms with Gasteiger partial charge in [0.05, 0.1) is 18.0 Å². The van der Waals surface area contributed by atoms with Crippen LogP contribution in [-0.4, -0.2) is 62.9 Å². The normalized spacial score (nSPS) is 18.8. The summed E-state index contributed by atoms with van der Waals surface area (Å²) >= 11 is 0. The van der Waals surface area contributed by atoms with Crippen LogP contribution in [-0.2, 0) is 14.8 Å². The van der Waals surface area contributed by atoms with Gasteiger partial charge in [-0.15, -0.1) is 0 Å². The summed E-state index contributed by atoms with van der Waals surface area (Å²) in [5, 5.41) is 0. The molecule has 0 aromatic heterocycles. The number of hydrogen-bond donors (Lipinski definition) is 1. The predicted molar refractivity (Wildman–Crippen MR) is 82.0 cm³/mol. The van der Waals surface area contributed by atoms with Crippen molar-refractivity contribution in [2.24, 2.45) is 5.73 Å². The quantitative estimate of drug-likeness (QED) is 0.813. The van der Waals surface area contributed by atoms with Gasteiger partial charge in [-0.05, 0) is 31.2 Å². The Morgan fingerprint density at radius 3 is 2.18 bits per heavy atom. The Kier molecular flexibility index (Phi) is 5.05. The number of carbonyl (C=O) groups is 1. The lowest BCUT2D eigenvalue weighted by molar-refractivity contribution is -0.123. The van der Waals surface area contributed by atoms with E-state index in [1.54, 1.807) is 19.1 Å². The lowest BCUT2D eigenvalue weighted by Gasteiger charge is -2.36. The van der Waals surface area contributed by atoms with Gasteiger partial charge >= 0.3 is 0 Å². The van der Waals surface area contributed by atoms with Crippen LogP contribution in [0.1, 0.15) is 6.92 Å². The molecule has 0 bridgehead atoms. The van der Waals surface area contributed by atoms with E-state index in [2.05, 4.69) is 0 Å². The fourth-order valence-electron chi connectivity index (χ4n) is 2.41. The molecule has 0 spiro atoms. The molecule has 22 heavy (non-hydrogen) atoms. The summed E-state index contributed by atoms with van der Waals surface area (Å²) in [5.74, 6) is 0.213. The van der Waals surface area contributed by atoms with Crippen molar-refractivity contribution in [3.63, 3.8) is 0 Å². The SMILES string of the molecule is COc1ccc(S(=O)(=O)N2CCN(C(C)C(N)=O)CC2)cc1. The van der Waals surface area contributed by atoms with Crippen LogP contribution >= 0.6 is 0 Å². The Morgan fingerprint density at radius 1 is 1.18 bits per heavy atom. The standard InChI is InChI=1S/C14H21N3O4S/c1-11(14(15)18)16-7-9-17(10-8-16)22(19,20)13-5-3-12(21-2)4-6-13/h3-6,11H,7-10H2,1-2H3,(H2,15,18). The Labute approximate surface area is 130 Å². The number of piperazine rings is 1. The molecule has 1 aliphatic heterocycles. The minimum Gasteiger partial charge on any atom is -0.497 e. The van der Waals surface area contributed by atoms with E-state index in [0.717, 1.165) is 0 Å². The van der Waals surface area contributed by atoms with Crippen LogP contribution < -0.4 is 10.5 Å². The molecule has 0 saturated carbocycles. The fourth-order valence-corrected chi connectivity index (χ4v) is 3.83. The maximum atomic E-state index is 12.6. The van der Waals surface area contributed by atoms with E-state index in [1.165, 1.54) is 23.5 Å². The van der Waals surface area contributed by atoms with Gasteiger partial charge in [0.1, 0.15) is 5.75 Å². The lowest BCUT2D eigenvalue weighted by Crippen LogP contribution is -2.54. The van der Waals surface area contributed by atoms with Gasteiger partial charge in [-0.2, -0.15) is 4.31 Å². The highest BCUT2D eigenvalue weighted by molar-refractivity contribution is 7.89. The monoisotopic (exact) mass is 327 g/mol. The molecule has 1 aliphatic rings. The molecule has 1 atom stereocenters. The number of ether oxygens (including phenoxy) is 1. The van der Waals surface area contributed by atoms with Gasteiger partial charge in [-0.1, -0.05) is 0 Å². The number of carbonyl (C=O) groups excluding carboxylic acids is 1. The Bertz CT molecular complexity index is 622. The molecule has 1 aromatic carbocycles. The lowest BCUT2D eigenvalue weighted by atomic mass is 10.2. The molecule has 122 valence electrons. The van der Waals surface area contributed by atoms with Gasteiger partial charge in [-0.3, -0.25) is 9.69 Å². The van der Waals surface area contributed by atoms with Crippen molar-refractivity contribution in [3.8, 4) is 5.75 Å². The average Bonchev–Trinajstić information content (AvgIpc) is 2.54. The molecule has 1 unspecified atom stereocenters. The second-order valence-corrected chi connectivity index (χ2v) is 7.13. The summed E-state index contributed by atoms with van der Waals surface area (Å²) < 4.78 is 31.6. The molecule has 1 amide bonds. The van der Waals surface area contributed by atoms with E-state index < -0.39 is 15.9 Å². The molecule has 0 aliphatic carbocycles. The second kappa shape index (κ2) is 6.64. The third kappa shape index (κ3) is 3.40. The zero-order valence-corrected chi connectivity index (χ0v) is 13.5. The van der Waals surface area contributed by atoms with Gasteiger partial charge < -0.3 is 10.5 Å². The van der Waals surface area contributed by atoms with E-state index in [9.17, 15) is 13.2 Å². The van der Waals surface area contributed by atoms with E-state index in [1.807, 2.05) is 4.90 Å². The molecule has 8 heteroatoms. The van der Waals surface area contributed by atoms with E-state index in [4.69, 9.17) is 10.5 Å². The first-order chi connectivity index (χ1) is 10.4. The summed E-state index contributed by atoms with van der Waals surface area (Å²) in [7, 11) is -1.99. The maximum Gasteiger partial charge on any atom is 0.243 e. The fraction of sp³-hybridized carbons (Fsp3) is 0.500. The second-order valence-electron chi connectivity index (χ2n) is 5.19. The van der Waals surface area contributed by atoms with Gasteiger partial charge in [0.25, 0.3) is 0 Å². The number of sulfonamides is 1. The van der Waals surface area contributed by atoms with Crippen molar-refractivity contribution in [3.05, 3.63) is 24.3 Å². The molecule has 0 radical (unpaired) electrons. The highest BCUT2D eigenvalue weighted by atomic mass is 32.2. The van der Waals surface area contributed by atoms with Gasteiger partial charge in [0.15, 0.2) is 0 Å². The average molecular weight is 327 g/mol. The van der Waals surface area contributed by atoms with E-state index >= 15 is 0 Å². The number of nitrogens with zero attached hydrogens (tertiary/aromatic N) is 2. The molecule has 1 fully saturated rings. The van der Waals surface area contributed by atoms with Crippen molar-refractivity contribution in [2.45, 2.75) is 17.9 Å². The first kappa shape index (κ1) is 16.7. The largest absolute Gasteiger partial charge is 0.497 e. The Balaban J connectivity index is 2.07. The van der Waals surface area contributed by atoms with Crippen molar-refractivity contribution >= 4 is 15.9 Å². The van der Waals surface area contributed by atoms with Crippen LogP contribution in [0.2, 0.25) is 0 Å². The molecule has 1 aromatic rings. The number of methoxy groups -OCH3 is 1. The zero-order valence-electron chi connectivity index (χ0n) is 12.7. The number of nitrogens with two attached hydrogens (primary N) is 1. The van der Waals surface area contributed by atoms with Crippen LogP contribution in [0, 0.1) is 0 Å². The van der Waals surface area contributed by atoms with Crippen molar-refractivity contribution in [1.82, 2.24) is 9.21 Å². The molecular formula is C14H21N3O4S. The highest BCUT2D eigenvalue weighted by Gasteiger charge is 2.31. The van der Waals surface area contributed by atoms with Crippen molar-refractivity contribution < 1.29 is 17.9 Å². The summed E-state index contributed by atoms with van der Waals surface area (Å²) in [6, 6.07) is 5.93. The topological polar surface area (TPSA) is 92.9 Å². The van der Waals surface area contributed by atoms with Crippen LogP contribution in [0.5, 0.6) is 5.75 Å². The molecule has 1 saturated heterocycles. The van der Waals surface area contributed by atoms with Crippen LogP contribution in [0.25, 0.3) is 0 Å². The number of hydrogen-bond acceptors (Lipinski definition) is 5. The van der Waals surface area contributed by atoms with Crippen LogP contribution in [0.15, 0.2) is 29.2 Å². The predicted octanol–water partition coefficient (Wildman–Crippen LogP) is -0.125. The first-order valence-electron chi connectivity index (χ1n) is 7.04. The number of amides is 1. The van der Waals surface area contributed by atoms with E-state index in [-0.39, 0.29) is 10.9 Å². The third-order valence-electron chi connectivity index (χ3n) is 3.93. The summed E-state index contributed by atoms with van der Waals surface area (Å²) in [4.78, 5) is 13.3. The van der Waals surface area contributed by atoms with Crippen molar-refractivity contribution in [2.75, 3.05) is 33.3 Å². The molecule has 1 heterocycles. The summed E-state index contributed by atoms with van der Waals surface area (Å²) in [6.45, 7) is 3.38. The maximum absolute atomic E-state index is 12.6. The summed E-state index contributed by atoms with van der Waals surface area (Å²) in [5.41, 5.74) is 5.28. The number of rotatable bonds is 5. The zero-order chi connectivity index (χ0) is 16.3. The molecular weight excluding hydrogens is 306 g/mol. The van der Waals surface area contributed by atoms with Crippen molar-refractivity contribution in [1.29, 1.82) is 0 Å². The Morgan fingerprint density at radius 2 is 1.73 bits per heavy atom. The minimum atomic E-state index is -3.52. The van der Waals surface area contributed by atoms with Gasteiger partial charge in [0.2, 0.25) is 15.9 Å². The number of primary amides is 1. The Hall–Kier alpha value is -1.64.